The lowest BCUT2D eigenvalue weighted by atomic mass is 10.2. The number of H-pyrrole nitrogens is 1. The van der Waals surface area contributed by atoms with E-state index < -0.39 is 0 Å². The lowest BCUT2D eigenvalue weighted by Crippen LogP contribution is -2.09. The Morgan fingerprint density at radius 2 is 2.00 bits per heavy atom. The van der Waals surface area contributed by atoms with E-state index in [9.17, 15) is 4.79 Å². The van der Waals surface area contributed by atoms with E-state index in [1.54, 1.807) is 18.2 Å². The van der Waals surface area contributed by atoms with Crippen molar-refractivity contribution in [1.29, 1.82) is 0 Å². The van der Waals surface area contributed by atoms with Gasteiger partial charge in [0.1, 0.15) is 0 Å². The van der Waals surface area contributed by atoms with E-state index in [2.05, 4.69) is 22.5 Å². The standard InChI is InChI=1S/C14H10Cl2N2OS/c15-12-3-1-9(5-13(12)16)14-4-2-10(18-14)6-11(7-19)17-8-20/h1-8,18H,(H,17,20)/b11-6+. The molecule has 6 heteroatoms. The molecule has 0 aliphatic heterocycles. The quantitative estimate of drug-likeness (QED) is 0.495. The Hall–Kier alpha value is -1.62. The molecule has 1 aromatic carbocycles. The van der Waals surface area contributed by atoms with E-state index in [4.69, 9.17) is 23.2 Å². The summed E-state index contributed by atoms with van der Waals surface area (Å²) in [4.78, 5) is 14.0. The Balaban J connectivity index is 2.30. The number of carbonyl (C=O) groups is 1. The molecule has 1 heterocycles. The molecule has 0 atom stereocenters. The number of aromatic amines is 1. The van der Waals surface area contributed by atoms with Crippen molar-refractivity contribution >= 4 is 53.3 Å². The number of aldehydes is 1. The van der Waals surface area contributed by atoms with Crippen LogP contribution in [0.4, 0.5) is 0 Å². The zero-order chi connectivity index (χ0) is 14.5. The maximum atomic E-state index is 10.8. The summed E-state index contributed by atoms with van der Waals surface area (Å²) in [7, 11) is 0. The monoisotopic (exact) mass is 324 g/mol. The first-order chi connectivity index (χ1) is 9.63. The summed E-state index contributed by atoms with van der Waals surface area (Å²) in [5, 5.41) is 3.67. The summed E-state index contributed by atoms with van der Waals surface area (Å²) in [6.45, 7) is 0. The van der Waals surface area contributed by atoms with Gasteiger partial charge in [0.05, 0.1) is 21.2 Å². The topological polar surface area (TPSA) is 44.9 Å². The summed E-state index contributed by atoms with van der Waals surface area (Å²) in [6, 6.07) is 9.13. The third-order valence-corrected chi connectivity index (χ3v) is 3.46. The zero-order valence-electron chi connectivity index (χ0n) is 10.2. The molecule has 20 heavy (non-hydrogen) atoms. The van der Waals surface area contributed by atoms with Crippen molar-refractivity contribution in [2.24, 2.45) is 0 Å². The maximum absolute atomic E-state index is 10.8. The summed E-state index contributed by atoms with van der Waals surface area (Å²) < 4.78 is 0. The minimum atomic E-state index is 0.377. The van der Waals surface area contributed by atoms with Gasteiger partial charge in [-0.25, -0.2) is 0 Å². The highest BCUT2D eigenvalue weighted by atomic mass is 35.5. The number of hydrogen-bond acceptors (Lipinski definition) is 2. The van der Waals surface area contributed by atoms with Gasteiger partial charge in [-0.2, -0.15) is 0 Å². The molecule has 102 valence electrons. The minimum absolute atomic E-state index is 0.377. The van der Waals surface area contributed by atoms with Crippen LogP contribution in [0.1, 0.15) is 5.69 Å². The van der Waals surface area contributed by atoms with Crippen LogP contribution in [0.25, 0.3) is 17.3 Å². The van der Waals surface area contributed by atoms with Crippen molar-refractivity contribution in [3.05, 3.63) is 51.8 Å². The Labute approximate surface area is 131 Å². The third-order valence-electron chi connectivity index (χ3n) is 2.60. The highest BCUT2D eigenvalue weighted by molar-refractivity contribution is 7.78. The second-order valence-corrected chi connectivity index (χ2v) is 4.99. The van der Waals surface area contributed by atoms with Gasteiger partial charge in [-0.05, 0) is 35.9 Å². The molecule has 2 aromatic rings. The first kappa shape index (κ1) is 14.8. The second kappa shape index (κ2) is 6.70. The van der Waals surface area contributed by atoms with Crippen LogP contribution in [0.2, 0.25) is 10.0 Å². The summed E-state index contributed by atoms with van der Waals surface area (Å²) in [6.07, 6.45) is 2.36. The summed E-state index contributed by atoms with van der Waals surface area (Å²) in [5.41, 5.74) is 4.22. The first-order valence-electron chi connectivity index (χ1n) is 5.65. The van der Waals surface area contributed by atoms with Crippen molar-refractivity contribution in [2.45, 2.75) is 0 Å². The van der Waals surface area contributed by atoms with Crippen LogP contribution in [-0.4, -0.2) is 16.8 Å². The Morgan fingerprint density at radius 3 is 2.65 bits per heavy atom. The first-order valence-corrected chi connectivity index (χ1v) is 6.88. The number of rotatable bonds is 5. The Morgan fingerprint density at radius 1 is 1.20 bits per heavy atom. The van der Waals surface area contributed by atoms with Gasteiger partial charge >= 0.3 is 0 Å². The normalized spacial score (nSPS) is 11.2. The van der Waals surface area contributed by atoms with Crippen molar-refractivity contribution in [3.8, 4) is 11.3 Å². The second-order valence-electron chi connectivity index (χ2n) is 3.94. The fourth-order valence-electron chi connectivity index (χ4n) is 1.67. The molecule has 0 amide bonds. The van der Waals surface area contributed by atoms with E-state index in [0.29, 0.717) is 22.0 Å². The average Bonchev–Trinajstić information content (AvgIpc) is 2.90. The van der Waals surface area contributed by atoms with E-state index in [1.165, 1.54) is 5.49 Å². The van der Waals surface area contributed by atoms with Crippen LogP contribution < -0.4 is 5.32 Å². The number of thiocarbonyl (C=S) groups is 1. The molecular formula is C14H10Cl2N2OS. The summed E-state index contributed by atoms with van der Waals surface area (Å²) >= 11 is 16.5. The molecule has 0 unspecified atom stereocenters. The molecule has 0 radical (unpaired) electrons. The number of benzene rings is 1. The molecule has 0 saturated carbocycles. The van der Waals surface area contributed by atoms with Gasteiger partial charge in [0, 0.05) is 11.4 Å². The lowest BCUT2D eigenvalue weighted by molar-refractivity contribution is -0.105. The van der Waals surface area contributed by atoms with E-state index in [1.807, 2.05) is 18.2 Å². The largest absolute Gasteiger partial charge is 0.355 e. The van der Waals surface area contributed by atoms with Gasteiger partial charge < -0.3 is 10.3 Å². The molecular weight excluding hydrogens is 315 g/mol. The maximum Gasteiger partial charge on any atom is 0.166 e. The van der Waals surface area contributed by atoms with Crippen LogP contribution in [-0.2, 0) is 4.79 Å². The fraction of sp³-hybridized carbons (Fsp3) is 0. The molecule has 0 bridgehead atoms. The van der Waals surface area contributed by atoms with Crippen molar-refractivity contribution in [3.63, 3.8) is 0 Å². The summed E-state index contributed by atoms with van der Waals surface area (Å²) in [5.74, 6) is 0. The van der Waals surface area contributed by atoms with Gasteiger partial charge in [-0.3, -0.25) is 4.79 Å². The predicted molar refractivity (Wildman–Crippen MR) is 87.1 cm³/mol. The van der Waals surface area contributed by atoms with Gasteiger partial charge in [0.15, 0.2) is 6.29 Å². The van der Waals surface area contributed by atoms with Crippen LogP contribution in [0.15, 0.2) is 36.0 Å². The van der Waals surface area contributed by atoms with Crippen LogP contribution in [0.3, 0.4) is 0 Å². The Kier molecular flexibility index (Phi) is 4.95. The van der Waals surface area contributed by atoms with E-state index >= 15 is 0 Å². The van der Waals surface area contributed by atoms with Crippen molar-refractivity contribution < 1.29 is 4.79 Å². The van der Waals surface area contributed by atoms with Crippen LogP contribution >= 0.6 is 35.4 Å². The molecule has 0 spiro atoms. The molecule has 0 saturated heterocycles. The van der Waals surface area contributed by atoms with E-state index in [-0.39, 0.29) is 0 Å². The molecule has 0 aliphatic rings. The third kappa shape index (κ3) is 3.48. The molecule has 0 fully saturated rings. The van der Waals surface area contributed by atoms with Crippen molar-refractivity contribution in [2.75, 3.05) is 0 Å². The highest BCUT2D eigenvalue weighted by Gasteiger charge is 2.04. The smallest absolute Gasteiger partial charge is 0.166 e. The minimum Gasteiger partial charge on any atom is -0.355 e. The predicted octanol–water partition coefficient (Wildman–Crippen LogP) is 4.08. The molecule has 2 N–H and O–H groups in total. The van der Waals surface area contributed by atoms with E-state index in [0.717, 1.165) is 17.0 Å². The Bertz CT molecular complexity index is 680. The molecule has 1 aromatic heterocycles. The van der Waals surface area contributed by atoms with Gasteiger partial charge in [-0.15, -0.1) is 0 Å². The van der Waals surface area contributed by atoms with Gasteiger partial charge in [0.2, 0.25) is 0 Å². The SMILES string of the molecule is O=C/C(=C\c1ccc(-c2ccc(Cl)c(Cl)c2)[nH]1)NC=S. The number of nitrogens with one attached hydrogen (secondary N) is 2. The zero-order valence-corrected chi connectivity index (χ0v) is 12.5. The van der Waals surface area contributed by atoms with Crippen molar-refractivity contribution in [1.82, 2.24) is 10.3 Å². The fourth-order valence-corrected chi connectivity index (χ4v) is 2.11. The highest BCUT2D eigenvalue weighted by Crippen LogP contribution is 2.28. The number of aromatic nitrogens is 1. The number of halogens is 2. The van der Waals surface area contributed by atoms with Gasteiger partial charge in [0.25, 0.3) is 0 Å². The van der Waals surface area contributed by atoms with Crippen LogP contribution in [0.5, 0.6) is 0 Å². The number of hydrogen-bond donors (Lipinski definition) is 2. The van der Waals surface area contributed by atoms with Gasteiger partial charge in [-0.1, -0.05) is 41.5 Å². The lowest BCUT2D eigenvalue weighted by Gasteiger charge is -2.01. The molecule has 2 rings (SSSR count). The number of carbonyl (C=O) groups excluding carboxylic acids is 1. The molecule has 0 aliphatic carbocycles. The molecule has 3 nitrogen and oxygen atoms in total. The number of allylic oxidation sites excluding steroid dienone is 1. The average molecular weight is 325 g/mol. The van der Waals surface area contributed by atoms with Crippen LogP contribution in [0, 0.1) is 0 Å².